The number of hydrogen-bond acceptors (Lipinski definition) is 0. The molecule has 0 fully saturated rings. The van der Waals surface area contributed by atoms with Crippen molar-refractivity contribution in [3.8, 4) is 11.1 Å². The van der Waals surface area contributed by atoms with Gasteiger partial charge in [-0.05, 0) is 28.0 Å². The number of fused-ring (bicyclic) bond motifs is 1. The maximum absolute atomic E-state index is 2.35. The van der Waals surface area contributed by atoms with Gasteiger partial charge in [0.05, 0.1) is 8.80 Å². The fourth-order valence-electron chi connectivity index (χ4n) is 2.53. The first-order valence-electron chi connectivity index (χ1n) is 6.64. The number of hydrogen-bond donors (Lipinski definition) is 0. The van der Waals surface area contributed by atoms with Gasteiger partial charge in [0.25, 0.3) is 0 Å². The van der Waals surface area contributed by atoms with Crippen LogP contribution in [0.3, 0.4) is 0 Å². The van der Waals surface area contributed by atoms with Gasteiger partial charge in [-0.15, -0.1) is 0 Å². The van der Waals surface area contributed by atoms with Crippen molar-refractivity contribution in [1.29, 1.82) is 0 Å². The molecule has 1 heteroatoms. The summed E-state index contributed by atoms with van der Waals surface area (Å²) in [5.41, 5.74) is 2.73. The molecule has 93 valence electrons. The van der Waals surface area contributed by atoms with Crippen LogP contribution in [-0.4, -0.2) is 8.80 Å². The van der Waals surface area contributed by atoms with Crippen LogP contribution in [0.2, 0.25) is 13.1 Å². The van der Waals surface area contributed by atoms with Crippen LogP contribution in [0.5, 0.6) is 0 Å². The van der Waals surface area contributed by atoms with Gasteiger partial charge in [0, 0.05) is 0 Å². The number of rotatable bonds is 2. The van der Waals surface area contributed by atoms with Gasteiger partial charge in [-0.3, -0.25) is 0 Å². The largest absolute Gasteiger partial charge is 0.0799 e. The first kappa shape index (κ1) is 12.2. The van der Waals surface area contributed by atoms with Crippen molar-refractivity contribution < 1.29 is 0 Å². The van der Waals surface area contributed by atoms with Crippen LogP contribution >= 0.6 is 0 Å². The van der Waals surface area contributed by atoms with Crippen molar-refractivity contribution in [2.45, 2.75) is 13.1 Å². The fourth-order valence-corrected chi connectivity index (χ4v) is 3.72. The molecule has 0 atom stereocenters. The maximum atomic E-state index is 2.35. The Kier molecular flexibility index (Phi) is 3.22. The second-order valence-electron chi connectivity index (χ2n) is 5.11. The first-order chi connectivity index (χ1) is 9.25. The van der Waals surface area contributed by atoms with Gasteiger partial charge in [-0.1, -0.05) is 78.9 Å². The van der Waals surface area contributed by atoms with E-state index >= 15 is 0 Å². The van der Waals surface area contributed by atoms with Crippen LogP contribution in [0.4, 0.5) is 0 Å². The quantitative estimate of drug-likeness (QED) is 0.597. The summed E-state index contributed by atoms with van der Waals surface area (Å²) in [4.78, 5) is 0. The molecule has 0 amide bonds. The lowest BCUT2D eigenvalue weighted by molar-refractivity contribution is 1.66. The van der Waals surface area contributed by atoms with Gasteiger partial charge in [-0.2, -0.15) is 0 Å². The van der Waals surface area contributed by atoms with E-state index in [1.807, 2.05) is 0 Å². The van der Waals surface area contributed by atoms with Crippen molar-refractivity contribution in [2.75, 3.05) is 0 Å². The molecular formula is C18H17Si. The van der Waals surface area contributed by atoms with E-state index in [9.17, 15) is 0 Å². The lowest BCUT2D eigenvalue weighted by atomic mass is 10.0. The minimum Gasteiger partial charge on any atom is -0.0671 e. The van der Waals surface area contributed by atoms with Crippen molar-refractivity contribution in [2.24, 2.45) is 0 Å². The molecule has 0 saturated heterocycles. The standard InChI is InChI=1S/C18H17Si/c1-19(2)18-10-6-5-9-17(18)16-12-11-14-7-3-4-8-15(14)13-16/h3-13H,1-2H3. The van der Waals surface area contributed by atoms with Crippen LogP contribution < -0.4 is 5.19 Å². The van der Waals surface area contributed by atoms with E-state index in [0.717, 1.165) is 0 Å². The van der Waals surface area contributed by atoms with E-state index in [0.29, 0.717) is 0 Å². The second-order valence-corrected chi connectivity index (χ2v) is 7.65. The molecule has 0 aliphatic carbocycles. The average Bonchev–Trinajstić information content (AvgIpc) is 2.46. The molecule has 0 aliphatic rings. The molecule has 0 aliphatic heterocycles. The van der Waals surface area contributed by atoms with E-state index < -0.39 is 8.80 Å². The minimum absolute atomic E-state index is 0.442. The molecule has 0 nitrogen and oxygen atoms in total. The van der Waals surface area contributed by atoms with Crippen molar-refractivity contribution in [1.82, 2.24) is 0 Å². The highest BCUT2D eigenvalue weighted by atomic mass is 28.3. The smallest absolute Gasteiger partial charge is 0.0671 e. The monoisotopic (exact) mass is 261 g/mol. The van der Waals surface area contributed by atoms with Crippen molar-refractivity contribution in [3.05, 3.63) is 66.7 Å². The Bertz CT molecular complexity index is 713. The Hall–Kier alpha value is -1.86. The third-order valence-corrected chi connectivity index (χ3v) is 5.04. The molecule has 3 rings (SSSR count). The highest BCUT2D eigenvalue weighted by molar-refractivity contribution is 6.72. The van der Waals surface area contributed by atoms with E-state index in [-0.39, 0.29) is 0 Å². The van der Waals surface area contributed by atoms with Crippen LogP contribution in [-0.2, 0) is 0 Å². The van der Waals surface area contributed by atoms with E-state index in [2.05, 4.69) is 79.8 Å². The van der Waals surface area contributed by atoms with E-state index in [1.54, 1.807) is 0 Å². The molecule has 0 bridgehead atoms. The Balaban J connectivity index is 2.19. The topological polar surface area (TPSA) is 0 Å². The van der Waals surface area contributed by atoms with E-state index in [1.165, 1.54) is 27.1 Å². The molecule has 3 aromatic rings. The summed E-state index contributed by atoms with van der Waals surface area (Å²) in [5, 5.41) is 4.14. The molecule has 19 heavy (non-hydrogen) atoms. The van der Waals surface area contributed by atoms with Gasteiger partial charge in [0.15, 0.2) is 0 Å². The Morgan fingerprint density at radius 3 is 2.16 bits per heavy atom. The summed E-state index contributed by atoms with van der Waals surface area (Å²) < 4.78 is 0. The van der Waals surface area contributed by atoms with Gasteiger partial charge in [0.1, 0.15) is 0 Å². The summed E-state index contributed by atoms with van der Waals surface area (Å²) in [7, 11) is -0.442. The normalized spacial score (nSPS) is 11.1. The van der Waals surface area contributed by atoms with E-state index in [4.69, 9.17) is 0 Å². The zero-order valence-corrected chi connectivity index (χ0v) is 12.4. The number of benzene rings is 3. The SMILES string of the molecule is C[Si](C)c1ccccc1-c1ccc2ccccc2c1. The highest BCUT2D eigenvalue weighted by Gasteiger charge is 2.09. The second kappa shape index (κ2) is 5.02. The molecule has 1 radical (unpaired) electrons. The molecule has 0 unspecified atom stereocenters. The molecular weight excluding hydrogens is 244 g/mol. The van der Waals surface area contributed by atoms with Crippen LogP contribution in [0.25, 0.3) is 21.9 Å². The summed E-state index contributed by atoms with van der Waals surface area (Å²) in [6.07, 6.45) is 0. The first-order valence-corrected chi connectivity index (χ1v) is 9.14. The molecule has 0 N–H and O–H groups in total. The lowest BCUT2D eigenvalue weighted by Gasteiger charge is -2.12. The molecule has 0 heterocycles. The van der Waals surface area contributed by atoms with Gasteiger partial charge < -0.3 is 0 Å². The van der Waals surface area contributed by atoms with Crippen molar-refractivity contribution >= 4 is 24.8 Å². The summed E-state index contributed by atoms with van der Waals surface area (Å²) in [6.45, 7) is 4.70. The minimum atomic E-state index is -0.442. The molecule has 3 aromatic carbocycles. The molecule has 0 aromatic heterocycles. The Morgan fingerprint density at radius 2 is 1.37 bits per heavy atom. The van der Waals surface area contributed by atoms with Crippen LogP contribution in [0.1, 0.15) is 0 Å². The Labute approximate surface area is 116 Å². The molecule has 0 saturated carbocycles. The lowest BCUT2D eigenvalue weighted by Crippen LogP contribution is -2.24. The third kappa shape index (κ3) is 2.34. The van der Waals surface area contributed by atoms with Crippen LogP contribution in [0, 0.1) is 0 Å². The zero-order chi connectivity index (χ0) is 13.2. The highest BCUT2D eigenvalue weighted by Crippen LogP contribution is 2.23. The maximum Gasteiger partial charge on any atom is 0.0799 e. The Morgan fingerprint density at radius 1 is 0.684 bits per heavy atom. The fraction of sp³-hybridized carbons (Fsp3) is 0.111. The average molecular weight is 261 g/mol. The van der Waals surface area contributed by atoms with Crippen LogP contribution in [0.15, 0.2) is 66.7 Å². The molecule has 0 spiro atoms. The summed E-state index contributed by atoms with van der Waals surface area (Å²) >= 11 is 0. The van der Waals surface area contributed by atoms with Crippen molar-refractivity contribution in [3.63, 3.8) is 0 Å². The summed E-state index contributed by atoms with van der Waals surface area (Å²) in [5.74, 6) is 0. The van der Waals surface area contributed by atoms with Gasteiger partial charge in [-0.25, -0.2) is 0 Å². The third-order valence-electron chi connectivity index (χ3n) is 3.53. The van der Waals surface area contributed by atoms with Gasteiger partial charge >= 0.3 is 0 Å². The predicted molar refractivity (Wildman–Crippen MR) is 86.5 cm³/mol. The zero-order valence-electron chi connectivity index (χ0n) is 11.4. The van der Waals surface area contributed by atoms with Gasteiger partial charge in [0.2, 0.25) is 0 Å². The predicted octanol–water partition coefficient (Wildman–Crippen LogP) is 4.47. The summed E-state index contributed by atoms with van der Waals surface area (Å²) in [6, 6.07) is 24.1.